The molecular formula is C9H15NO. The van der Waals surface area contributed by atoms with Crippen LogP contribution in [0.4, 0.5) is 0 Å². The van der Waals surface area contributed by atoms with E-state index >= 15 is 0 Å². The van der Waals surface area contributed by atoms with Gasteiger partial charge in [0.1, 0.15) is 0 Å². The Bertz CT molecular complexity index is 186. The second kappa shape index (κ2) is 3.07. The van der Waals surface area contributed by atoms with E-state index in [4.69, 9.17) is 5.73 Å². The van der Waals surface area contributed by atoms with Gasteiger partial charge in [-0.05, 0) is 25.2 Å². The van der Waals surface area contributed by atoms with E-state index in [1.807, 2.05) is 0 Å². The van der Waals surface area contributed by atoms with Crippen LogP contribution in [-0.4, -0.2) is 5.91 Å². The van der Waals surface area contributed by atoms with E-state index in [1.54, 1.807) is 0 Å². The zero-order chi connectivity index (χ0) is 8.43. The Morgan fingerprint density at radius 3 is 2.82 bits per heavy atom. The Kier molecular flexibility index (Phi) is 2.32. The highest BCUT2D eigenvalue weighted by Crippen LogP contribution is 2.31. The first kappa shape index (κ1) is 8.31. The van der Waals surface area contributed by atoms with Gasteiger partial charge in [-0.25, -0.2) is 0 Å². The van der Waals surface area contributed by atoms with Gasteiger partial charge in [0, 0.05) is 5.92 Å². The molecule has 1 fully saturated rings. The van der Waals surface area contributed by atoms with Crippen molar-refractivity contribution in [3.05, 3.63) is 12.2 Å². The topological polar surface area (TPSA) is 43.1 Å². The van der Waals surface area contributed by atoms with Gasteiger partial charge in [0.2, 0.25) is 5.91 Å². The fourth-order valence-electron chi connectivity index (χ4n) is 1.77. The van der Waals surface area contributed by atoms with E-state index in [0.29, 0.717) is 5.92 Å². The summed E-state index contributed by atoms with van der Waals surface area (Å²) >= 11 is 0. The number of amides is 1. The molecule has 0 heterocycles. The summed E-state index contributed by atoms with van der Waals surface area (Å²) in [6.07, 6.45) is 2.83. The van der Waals surface area contributed by atoms with Crippen LogP contribution in [0, 0.1) is 11.8 Å². The minimum atomic E-state index is -0.148. The Morgan fingerprint density at radius 2 is 2.36 bits per heavy atom. The van der Waals surface area contributed by atoms with Crippen molar-refractivity contribution in [1.29, 1.82) is 0 Å². The molecule has 0 aromatic carbocycles. The van der Waals surface area contributed by atoms with Crippen molar-refractivity contribution in [3.63, 3.8) is 0 Å². The highest BCUT2D eigenvalue weighted by atomic mass is 16.1. The van der Waals surface area contributed by atoms with E-state index in [0.717, 1.165) is 19.3 Å². The van der Waals surface area contributed by atoms with Gasteiger partial charge in [0.25, 0.3) is 0 Å². The van der Waals surface area contributed by atoms with Crippen LogP contribution < -0.4 is 5.73 Å². The highest BCUT2D eigenvalue weighted by molar-refractivity contribution is 5.77. The van der Waals surface area contributed by atoms with Gasteiger partial charge in [-0.15, -0.1) is 0 Å². The molecule has 0 saturated heterocycles. The summed E-state index contributed by atoms with van der Waals surface area (Å²) in [5.74, 6) is 0.333. The monoisotopic (exact) mass is 153 g/mol. The number of carbonyl (C=O) groups is 1. The minimum Gasteiger partial charge on any atom is -0.369 e. The van der Waals surface area contributed by atoms with Crippen LogP contribution >= 0.6 is 0 Å². The van der Waals surface area contributed by atoms with Crippen molar-refractivity contribution in [1.82, 2.24) is 0 Å². The lowest BCUT2D eigenvalue weighted by Crippen LogP contribution is -2.31. The maximum atomic E-state index is 10.9. The highest BCUT2D eigenvalue weighted by Gasteiger charge is 2.26. The fraction of sp³-hybridized carbons (Fsp3) is 0.667. The van der Waals surface area contributed by atoms with Crippen molar-refractivity contribution < 1.29 is 4.79 Å². The van der Waals surface area contributed by atoms with Gasteiger partial charge in [0.05, 0.1) is 0 Å². The number of primary amides is 1. The molecule has 0 aliphatic heterocycles. The fourth-order valence-corrected chi connectivity index (χ4v) is 1.77. The summed E-state index contributed by atoms with van der Waals surface area (Å²) in [5, 5.41) is 0. The Balaban J connectivity index is 2.57. The smallest absolute Gasteiger partial charge is 0.220 e. The minimum absolute atomic E-state index is 0.0838. The molecule has 0 aromatic heterocycles. The van der Waals surface area contributed by atoms with Crippen LogP contribution in [0.2, 0.25) is 0 Å². The summed E-state index contributed by atoms with van der Waals surface area (Å²) < 4.78 is 0. The van der Waals surface area contributed by atoms with E-state index in [2.05, 4.69) is 13.5 Å². The van der Waals surface area contributed by atoms with Gasteiger partial charge in [-0.3, -0.25) is 4.79 Å². The van der Waals surface area contributed by atoms with Gasteiger partial charge >= 0.3 is 0 Å². The van der Waals surface area contributed by atoms with Gasteiger partial charge in [-0.2, -0.15) is 0 Å². The molecule has 11 heavy (non-hydrogen) atoms. The van der Waals surface area contributed by atoms with Crippen LogP contribution in [0.3, 0.4) is 0 Å². The van der Waals surface area contributed by atoms with E-state index in [-0.39, 0.29) is 11.8 Å². The van der Waals surface area contributed by atoms with Crippen LogP contribution in [-0.2, 0) is 4.79 Å². The third-order valence-electron chi connectivity index (χ3n) is 2.47. The molecule has 1 aliphatic rings. The van der Waals surface area contributed by atoms with Crippen LogP contribution in [0.25, 0.3) is 0 Å². The summed E-state index contributed by atoms with van der Waals surface area (Å²) in [4.78, 5) is 10.9. The summed E-state index contributed by atoms with van der Waals surface area (Å²) in [7, 11) is 0. The van der Waals surface area contributed by atoms with E-state index in [1.165, 1.54) is 5.57 Å². The number of allylic oxidation sites excluding steroid dienone is 1. The molecule has 2 atom stereocenters. The largest absolute Gasteiger partial charge is 0.369 e. The molecule has 0 spiro atoms. The molecule has 2 unspecified atom stereocenters. The van der Waals surface area contributed by atoms with Gasteiger partial charge < -0.3 is 5.73 Å². The molecule has 0 radical (unpaired) electrons. The third kappa shape index (κ3) is 1.82. The lowest BCUT2D eigenvalue weighted by Gasteiger charge is -2.27. The molecule has 62 valence electrons. The standard InChI is InChI=1S/C9H15NO/c1-6-3-4-8(9(10)11)7(2)5-6/h7-8H,1,3-5H2,2H3,(H2,10,11). The summed E-state index contributed by atoms with van der Waals surface area (Å²) in [6.45, 7) is 5.98. The molecule has 2 N–H and O–H groups in total. The van der Waals surface area contributed by atoms with Crippen LogP contribution in [0.15, 0.2) is 12.2 Å². The Morgan fingerprint density at radius 1 is 1.73 bits per heavy atom. The predicted octanol–water partition coefficient (Wildman–Crippen LogP) is 1.46. The summed E-state index contributed by atoms with van der Waals surface area (Å²) in [6, 6.07) is 0. The first-order chi connectivity index (χ1) is 5.11. The summed E-state index contributed by atoms with van der Waals surface area (Å²) in [5.41, 5.74) is 6.49. The predicted molar refractivity (Wildman–Crippen MR) is 44.8 cm³/mol. The lowest BCUT2D eigenvalue weighted by molar-refractivity contribution is -0.123. The zero-order valence-electron chi connectivity index (χ0n) is 6.97. The number of rotatable bonds is 1. The lowest BCUT2D eigenvalue weighted by atomic mass is 9.78. The third-order valence-corrected chi connectivity index (χ3v) is 2.47. The molecule has 2 heteroatoms. The average Bonchev–Trinajstić information content (AvgIpc) is 1.85. The molecule has 2 nitrogen and oxygen atoms in total. The Hall–Kier alpha value is -0.790. The molecule has 1 saturated carbocycles. The number of carbonyl (C=O) groups excluding carboxylic acids is 1. The Labute approximate surface area is 67.5 Å². The first-order valence-electron chi connectivity index (χ1n) is 4.07. The molecule has 0 bridgehead atoms. The quantitative estimate of drug-likeness (QED) is 0.569. The normalized spacial score (nSPS) is 31.9. The van der Waals surface area contributed by atoms with Crippen molar-refractivity contribution in [3.8, 4) is 0 Å². The van der Waals surface area contributed by atoms with Crippen molar-refractivity contribution in [2.24, 2.45) is 17.6 Å². The first-order valence-corrected chi connectivity index (χ1v) is 4.07. The number of hydrogen-bond acceptors (Lipinski definition) is 1. The number of nitrogens with two attached hydrogens (primary N) is 1. The zero-order valence-corrected chi connectivity index (χ0v) is 6.97. The second-order valence-electron chi connectivity index (χ2n) is 3.48. The van der Waals surface area contributed by atoms with Crippen molar-refractivity contribution in [2.75, 3.05) is 0 Å². The van der Waals surface area contributed by atoms with Crippen molar-refractivity contribution >= 4 is 5.91 Å². The van der Waals surface area contributed by atoms with Gasteiger partial charge in [0.15, 0.2) is 0 Å². The van der Waals surface area contributed by atoms with Crippen LogP contribution in [0.1, 0.15) is 26.2 Å². The molecule has 1 amide bonds. The van der Waals surface area contributed by atoms with E-state index < -0.39 is 0 Å². The second-order valence-corrected chi connectivity index (χ2v) is 3.48. The molecule has 1 aliphatic carbocycles. The molecule has 0 aromatic rings. The number of hydrogen-bond donors (Lipinski definition) is 1. The SMILES string of the molecule is C=C1CCC(C(N)=O)C(C)C1. The molecule has 1 rings (SSSR count). The van der Waals surface area contributed by atoms with Crippen molar-refractivity contribution in [2.45, 2.75) is 26.2 Å². The molecular weight excluding hydrogens is 138 g/mol. The maximum Gasteiger partial charge on any atom is 0.220 e. The van der Waals surface area contributed by atoms with Gasteiger partial charge in [-0.1, -0.05) is 19.1 Å². The maximum absolute atomic E-state index is 10.9. The van der Waals surface area contributed by atoms with Crippen LogP contribution in [0.5, 0.6) is 0 Å². The average molecular weight is 153 g/mol. The van der Waals surface area contributed by atoms with E-state index in [9.17, 15) is 4.79 Å².